The largest absolute Gasteiger partial charge is 0.495 e. The number of likely N-dealkylation sites (tertiary alicyclic amines) is 1. The average molecular weight is 292 g/mol. The molecule has 1 saturated heterocycles. The molecule has 0 saturated carbocycles. The first-order chi connectivity index (χ1) is 9.81. The van der Waals surface area contributed by atoms with Gasteiger partial charge in [-0.15, -0.1) is 11.3 Å². The summed E-state index contributed by atoms with van der Waals surface area (Å²) in [5, 5.41) is 8.65. The predicted octanol–water partition coefficient (Wildman–Crippen LogP) is 2.24. The number of ether oxygens (including phenoxy) is 1. The van der Waals surface area contributed by atoms with E-state index in [0.29, 0.717) is 10.6 Å². The Morgan fingerprint density at radius 2 is 2.45 bits per heavy atom. The number of nitrogens with one attached hydrogen (secondary N) is 1. The zero-order valence-electron chi connectivity index (χ0n) is 11.2. The first kappa shape index (κ1) is 13.1. The Morgan fingerprint density at radius 1 is 1.55 bits per heavy atom. The van der Waals surface area contributed by atoms with Gasteiger partial charge in [0.2, 0.25) is 0 Å². The van der Waals surface area contributed by atoms with Crippen LogP contribution in [0.3, 0.4) is 0 Å². The Balaban J connectivity index is 1.88. The van der Waals surface area contributed by atoms with Crippen molar-refractivity contribution in [3.05, 3.63) is 28.5 Å². The van der Waals surface area contributed by atoms with Crippen molar-refractivity contribution in [3.63, 3.8) is 0 Å². The molecule has 20 heavy (non-hydrogen) atoms. The second-order valence-corrected chi connectivity index (χ2v) is 5.62. The molecule has 0 bridgehead atoms. The Bertz CT molecular complexity index is 581. The minimum absolute atomic E-state index is 0.0120. The van der Waals surface area contributed by atoms with Crippen LogP contribution < -0.4 is 4.74 Å². The van der Waals surface area contributed by atoms with Gasteiger partial charge in [0.25, 0.3) is 5.91 Å². The van der Waals surface area contributed by atoms with Gasteiger partial charge in [0.05, 0.1) is 13.2 Å². The van der Waals surface area contributed by atoms with Crippen LogP contribution in [-0.2, 0) is 0 Å². The van der Waals surface area contributed by atoms with Crippen molar-refractivity contribution < 1.29 is 9.53 Å². The molecule has 3 rings (SSSR count). The maximum Gasteiger partial charge on any atom is 0.268 e. The highest BCUT2D eigenvalue weighted by Gasteiger charge is 2.32. The van der Waals surface area contributed by atoms with E-state index in [1.165, 1.54) is 17.7 Å². The number of amides is 1. The lowest BCUT2D eigenvalue weighted by Crippen LogP contribution is -2.38. The van der Waals surface area contributed by atoms with Crippen molar-refractivity contribution in [1.29, 1.82) is 0 Å². The summed E-state index contributed by atoms with van der Waals surface area (Å²) in [6, 6.07) is 1.80. The molecule has 106 valence electrons. The number of thiophene rings is 1. The molecule has 1 aliphatic rings. The number of aromatic amines is 1. The number of piperidine rings is 1. The van der Waals surface area contributed by atoms with E-state index >= 15 is 0 Å². The normalized spacial score (nSPS) is 19.1. The third-order valence-electron chi connectivity index (χ3n) is 3.56. The van der Waals surface area contributed by atoms with E-state index in [1.54, 1.807) is 7.11 Å². The Morgan fingerprint density at radius 3 is 3.20 bits per heavy atom. The van der Waals surface area contributed by atoms with Crippen molar-refractivity contribution in [2.24, 2.45) is 0 Å². The molecule has 2 aromatic rings. The quantitative estimate of drug-likeness (QED) is 0.941. The monoisotopic (exact) mass is 292 g/mol. The van der Waals surface area contributed by atoms with Crippen molar-refractivity contribution in [2.75, 3.05) is 13.7 Å². The van der Waals surface area contributed by atoms with Gasteiger partial charge in [-0.2, -0.15) is 5.10 Å². The summed E-state index contributed by atoms with van der Waals surface area (Å²) in [5.74, 6) is 1.41. The van der Waals surface area contributed by atoms with Crippen LogP contribution in [0.15, 0.2) is 17.8 Å². The van der Waals surface area contributed by atoms with Crippen LogP contribution in [0.1, 0.15) is 40.8 Å². The molecule has 0 aromatic carbocycles. The van der Waals surface area contributed by atoms with Gasteiger partial charge in [0, 0.05) is 6.54 Å². The van der Waals surface area contributed by atoms with Gasteiger partial charge in [-0.3, -0.25) is 9.89 Å². The number of H-pyrrole nitrogens is 1. The number of aromatic nitrogens is 3. The van der Waals surface area contributed by atoms with Gasteiger partial charge in [-0.1, -0.05) is 0 Å². The highest BCUT2D eigenvalue weighted by atomic mass is 32.1. The number of hydrogen-bond donors (Lipinski definition) is 1. The molecule has 1 amide bonds. The first-order valence-corrected chi connectivity index (χ1v) is 7.47. The summed E-state index contributed by atoms with van der Waals surface area (Å²) in [4.78, 5) is 19.5. The number of rotatable bonds is 3. The van der Waals surface area contributed by atoms with Crippen molar-refractivity contribution in [2.45, 2.75) is 25.3 Å². The van der Waals surface area contributed by atoms with E-state index < -0.39 is 0 Å². The number of hydrogen-bond acceptors (Lipinski definition) is 5. The number of carbonyl (C=O) groups excluding carboxylic acids is 1. The van der Waals surface area contributed by atoms with Crippen molar-refractivity contribution in [1.82, 2.24) is 20.1 Å². The predicted molar refractivity (Wildman–Crippen MR) is 74.9 cm³/mol. The summed E-state index contributed by atoms with van der Waals surface area (Å²) in [7, 11) is 1.59. The fourth-order valence-electron chi connectivity index (χ4n) is 2.58. The summed E-state index contributed by atoms with van der Waals surface area (Å²) >= 11 is 1.41. The smallest absolute Gasteiger partial charge is 0.268 e. The summed E-state index contributed by atoms with van der Waals surface area (Å²) in [6.07, 6.45) is 4.51. The molecular formula is C13H16N4O2S. The van der Waals surface area contributed by atoms with Crippen LogP contribution >= 0.6 is 11.3 Å². The van der Waals surface area contributed by atoms with E-state index in [4.69, 9.17) is 4.74 Å². The molecule has 1 atom stereocenters. The van der Waals surface area contributed by atoms with E-state index in [1.807, 2.05) is 16.3 Å². The zero-order valence-corrected chi connectivity index (χ0v) is 12.0. The maximum absolute atomic E-state index is 12.7. The van der Waals surface area contributed by atoms with Gasteiger partial charge < -0.3 is 9.64 Å². The van der Waals surface area contributed by atoms with Crippen LogP contribution in [0.5, 0.6) is 5.75 Å². The third-order valence-corrected chi connectivity index (χ3v) is 4.44. The number of carbonyl (C=O) groups is 1. The Hall–Kier alpha value is -1.89. The lowest BCUT2D eigenvalue weighted by Gasteiger charge is -2.34. The van der Waals surface area contributed by atoms with E-state index in [9.17, 15) is 4.79 Å². The molecule has 0 unspecified atom stereocenters. The highest BCUT2D eigenvalue weighted by molar-refractivity contribution is 7.12. The molecule has 3 heterocycles. The molecule has 1 fully saturated rings. The Labute approximate surface area is 120 Å². The van der Waals surface area contributed by atoms with Crippen LogP contribution in [-0.4, -0.2) is 39.6 Å². The molecule has 7 heteroatoms. The SMILES string of the molecule is COc1ccsc1C(=O)N1CCCC[C@@H]1c1ncn[nH]1. The first-order valence-electron chi connectivity index (χ1n) is 6.59. The molecule has 0 radical (unpaired) electrons. The molecule has 0 aliphatic carbocycles. The zero-order chi connectivity index (χ0) is 13.9. The molecule has 0 spiro atoms. The topological polar surface area (TPSA) is 71.1 Å². The van der Waals surface area contributed by atoms with E-state index in [0.717, 1.165) is 31.6 Å². The molecule has 1 N–H and O–H groups in total. The van der Waals surface area contributed by atoms with Crippen LogP contribution in [0, 0.1) is 0 Å². The number of nitrogens with zero attached hydrogens (tertiary/aromatic N) is 3. The fraction of sp³-hybridized carbons (Fsp3) is 0.462. The third kappa shape index (κ3) is 2.29. The van der Waals surface area contributed by atoms with Crippen LogP contribution in [0.4, 0.5) is 0 Å². The standard InChI is InChI=1S/C13H16N4O2S/c1-19-10-5-7-20-11(10)13(18)17-6-3-2-4-9(17)12-14-8-15-16-12/h5,7-9H,2-4,6H2,1H3,(H,14,15,16)/t9-/m1/s1. The maximum atomic E-state index is 12.7. The van der Waals surface area contributed by atoms with Crippen LogP contribution in [0.25, 0.3) is 0 Å². The molecular weight excluding hydrogens is 276 g/mol. The summed E-state index contributed by atoms with van der Waals surface area (Å²) in [6.45, 7) is 0.741. The average Bonchev–Trinajstić information content (AvgIpc) is 3.17. The minimum atomic E-state index is -0.0226. The summed E-state index contributed by atoms with van der Waals surface area (Å²) < 4.78 is 5.25. The van der Waals surface area contributed by atoms with E-state index in [2.05, 4.69) is 15.2 Å². The highest BCUT2D eigenvalue weighted by Crippen LogP contribution is 2.33. The van der Waals surface area contributed by atoms with E-state index in [-0.39, 0.29) is 11.9 Å². The fourth-order valence-corrected chi connectivity index (χ4v) is 3.39. The second kappa shape index (κ2) is 5.62. The summed E-state index contributed by atoms with van der Waals surface area (Å²) in [5.41, 5.74) is 0. The van der Waals surface area contributed by atoms with Gasteiger partial charge in [-0.05, 0) is 30.7 Å². The van der Waals surface area contributed by atoms with Gasteiger partial charge in [0.1, 0.15) is 22.8 Å². The lowest BCUT2D eigenvalue weighted by molar-refractivity contribution is 0.0602. The molecule has 6 nitrogen and oxygen atoms in total. The lowest BCUT2D eigenvalue weighted by atomic mass is 10.0. The van der Waals surface area contributed by atoms with Gasteiger partial charge in [-0.25, -0.2) is 4.98 Å². The van der Waals surface area contributed by atoms with Gasteiger partial charge >= 0.3 is 0 Å². The van der Waals surface area contributed by atoms with Crippen LogP contribution in [0.2, 0.25) is 0 Å². The van der Waals surface area contributed by atoms with Crippen molar-refractivity contribution in [3.8, 4) is 5.75 Å². The number of methoxy groups -OCH3 is 1. The molecule has 1 aliphatic heterocycles. The van der Waals surface area contributed by atoms with Crippen molar-refractivity contribution >= 4 is 17.2 Å². The minimum Gasteiger partial charge on any atom is -0.495 e. The van der Waals surface area contributed by atoms with Gasteiger partial charge in [0.15, 0.2) is 0 Å². The second-order valence-electron chi connectivity index (χ2n) is 4.70. The molecule has 2 aromatic heterocycles. The Kier molecular flexibility index (Phi) is 3.68.